The molecule has 3 nitrogen and oxygen atoms in total. The van der Waals surface area contributed by atoms with Gasteiger partial charge >= 0.3 is 0 Å². The van der Waals surface area contributed by atoms with E-state index in [1.54, 1.807) is 11.3 Å². The molecule has 1 heterocycles. The van der Waals surface area contributed by atoms with Crippen molar-refractivity contribution in [3.63, 3.8) is 0 Å². The molecule has 1 aromatic heterocycles. The Morgan fingerprint density at radius 1 is 1.24 bits per heavy atom. The molecule has 1 aromatic carbocycles. The monoisotopic (exact) mass is 302 g/mol. The fourth-order valence-electron chi connectivity index (χ4n) is 2.33. The Bertz CT molecular complexity index is 539. The van der Waals surface area contributed by atoms with Gasteiger partial charge in [-0.05, 0) is 23.4 Å². The molecule has 0 aliphatic carbocycles. The molecular formula is C17H22N2OS. The van der Waals surface area contributed by atoms with Crippen molar-refractivity contribution in [1.29, 1.82) is 0 Å². The molecule has 0 saturated heterocycles. The Kier molecular flexibility index (Phi) is 5.96. The number of carbonyl (C=O) groups is 1. The summed E-state index contributed by atoms with van der Waals surface area (Å²) in [4.78, 5) is 13.4. The average molecular weight is 302 g/mol. The van der Waals surface area contributed by atoms with Crippen LogP contribution in [-0.4, -0.2) is 5.91 Å². The van der Waals surface area contributed by atoms with Gasteiger partial charge in [0.15, 0.2) is 0 Å². The van der Waals surface area contributed by atoms with Crippen LogP contribution in [0.15, 0.2) is 47.8 Å². The quantitative estimate of drug-likeness (QED) is 0.817. The number of amides is 1. The van der Waals surface area contributed by atoms with Gasteiger partial charge in [0.05, 0.1) is 6.04 Å². The van der Waals surface area contributed by atoms with Crippen molar-refractivity contribution in [2.75, 3.05) is 0 Å². The zero-order valence-corrected chi connectivity index (χ0v) is 13.1. The Morgan fingerprint density at radius 3 is 2.62 bits per heavy atom. The lowest BCUT2D eigenvalue weighted by atomic mass is 10.0. The van der Waals surface area contributed by atoms with E-state index in [4.69, 9.17) is 5.73 Å². The summed E-state index contributed by atoms with van der Waals surface area (Å²) in [5, 5.41) is 5.15. The number of thiophene rings is 1. The molecule has 2 aromatic rings. The van der Waals surface area contributed by atoms with Crippen molar-refractivity contribution in [2.45, 2.75) is 38.3 Å². The third-order valence-electron chi connectivity index (χ3n) is 3.43. The highest BCUT2D eigenvalue weighted by atomic mass is 32.1. The maximum atomic E-state index is 12.2. The summed E-state index contributed by atoms with van der Waals surface area (Å²) in [5.74, 6) is 0.0122. The Balaban J connectivity index is 1.93. The second-order valence-corrected chi connectivity index (χ2v) is 6.12. The van der Waals surface area contributed by atoms with E-state index in [0.29, 0.717) is 6.42 Å². The molecule has 4 heteroatoms. The molecule has 3 N–H and O–H groups in total. The predicted octanol–water partition coefficient (Wildman–Crippen LogP) is 3.80. The van der Waals surface area contributed by atoms with Crippen LogP contribution in [-0.2, 0) is 4.79 Å². The number of benzene rings is 1. The molecular weight excluding hydrogens is 280 g/mol. The lowest BCUT2D eigenvalue weighted by molar-refractivity contribution is -0.122. The van der Waals surface area contributed by atoms with E-state index in [1.807, 2.05) is 41.8 Å². The van der Waals surface area contributed by atoms with E-state index in [0.717, 1.165) is 18.4 Å². The maximum Gasteiger partial charge on any atom is 0.222 e. The molecule has 112 valence electrons. The van der Waals surface area contributed by atoms with Crippen LogP contribution in [0.4, 0.5) is 0 Å². The van der Waals surface area contributed by atoms with Gasteiger partial charge in [0.2, 0.25) is 5.91 Å². The lowest BCUT2D eigenvalue weighted by Crippen LogP contribution is -2.30. The highest BCUT2D eigenvalue weighted by Crippen LogP contribution is 2.24. The van der Waals surface area contributed by atoms with Crippen LogP contribution >= 0.6 is 11.3 Å². The summed E-state index contributed by atoms with van der Waals surface area (Å²) in [6, 6.07) is 13.7. The molecule has 2 unspecified atom stereocenters. The lowest BCUT2D eigenvalue weighted by Gasteiger charge is -2.18. The van der Waals surface area contributed by atoms with Gasteiger partial charge in [0.25, 0.3) is 0 Å². The number of carbonyl (C=O) groups excluding carboxylic acids is 1. The first-order chi connectivity index (χ1) is 10.2. The summed E-state index contributed by atoms with van der Waals surface area (Å²) in [5.41, 5.74) is 7.10. The molecule has 0 aliphatic rings. The summed E-state index contributed by atoms with van der Waals surface area (Å²) in [6.45, 7) is 2.13. The zero-order valence-electron chi connectivity index (χ0n) is 12.3. The van der Waals surface area contributed by atoms with E-state index in [1.165, 1.54) is 4.88 Å². The topological polar surface area (TPSA) is 55.1 Å². The van der Waals surface area contributed by atoms with Crippen LogP contribution in [0, 0.1) is 0 Å². The molecule has 0 saturated carbocycles. The number of hydrogen-bond acceptors (Lipinski definition) is 3. The minimum Gasteiger partial charge on any atom is -0.348 e. The van der Waals surface area contributed by atoms with Crippen LogP contribution in [0.2, 0.25) is 0 Å². The Morgan fingerprint density at radius 2 is 2.00 bits per heavy atom. The highest BCUT2D eigenvalue weighted by molar-refractivity contribution is 7.10. The maximum absolute atomic E-state index is 12.2. The zero-order chi connectivity index (χ0) is 15.1. The van der Waals surface area contributed by atoms with E-state index >= 15 is 0 Å². The van der Waals surface area contributed by atoms with Gasteiger partial charge < -0.3 is 11.1 Å². The van der Waals surface area contributed by atoms with Crippen molar-refractivity contribution < 1.29 is 4.79 Å². The van der Waals surface area contributed by atoms with Gasteiger partial charge in [-0.2, -0.15) is 0 Å². The molecule has 1 amide bonds. The summed E-state index contributed by atoms with van der Waals surface area (Å²) >= 11 is 1.68. The van der Waals surface area contributed by atoms with Crippen molar-refractivity contribution in [1.82, 2.24) is 5.32 Å². The van der Waals surface area contributed by atoms with Crippen LogP contribution in [0.1, 0.15) is 48.7 Å². The van der Waals surface area contributed by atoms with Crippen LogP contribution in [0.5, 0.6) is 0 Å². The van der Waals surface area contributed by atoms with Crippen LogP contribution in [0.25, 0.3) is 0 Å². The number of nitrogens with one attached hydrogen (secondary N) is 1. The van der Waals surface area contributed by atoms with Crippen molar-refractivity contribution in [2.24, 2.45) is 5.73 Å². The van der Waals surface area contributed by atoms with Gasteiger partial charge in [0, 0.05) is 17.3 Å². The minimum atomic E-state index is -0.253. The number of rotatable bonds is 7. The van der Waals surface area contributed by atoms with Crippen LogP contribution < -0.4 is 11.1 Å². The predicted molar refractivity (Wildman–Crippen MR) is 88.1 cm³/mol. The van der Waals surface area contributed by atoms with Crippen molar-refractivity contribution in [3.05, 3.63) is 58.3 Å². The summed E-state index contributed by atoms with van der Waals surface area (Å²) < 4.78 is 0. The second-order valence-electron chi connectivity index (χ2n) is 5.15. The minimum absolute atomic E-state index is 0.0122. The Hall–Kier alpha value is -1.65. The molecule has 0 fully saturated rings. The van der Waals surface area contributed by atoms with Gasteiger partial charge in [-0.1, -0.05) is 49.7 Å². The van der Waals surface area contributed by atoms with Crippen molar-refractivity contribution in [3.8, 4) is 0 Å². The average Bonchev–Trinajstić information content (AvgIpc) is 3.02. The molecule has 2 atom stereocenters. The molecule has 21 heavy (non-hydrogen) atoms. The third kappa shape index (κ3) is 4.69. The van der Waals surface area contributed by atoms with Gasteiger partial charge in [-0.3, -0.25) is 4.79 Å². The van der Waals surface area contributed by atoms with Crippen LogP contribution in [0.3, 0.4) is 0 Å². The normalized spacial score (nSPS) is 13.6. The molecule has 2 rings (SSSR count). The third-order valence-corrected chi connectivity index (χ3v) is 4.42. The molecule has 0 radical (unpaired) electrons. The number of hydrogen-bond donors (Lipinski definition) is 2. The first-order valence-corrected chi connectivity index (χ1v) is 8.22. The Labute approximate surface area is 130 Å². The smallest absolute Gasteiger partial charge is 0.222 e. The van der Waals surface area contributed by atoms with E-state index in [2.05, 4.69) is 18.3 Å². The highest BCUT2D eigenvalue weighted by Gasteiger charge is 2.17. The first-order valence-electron chi connectivity index (χ1n) is 7.34. The standard InChI is InChI=1S/C17H22N2OS/c1-2-7-15(16-10-6-11-21-16)19-17(20)12-14(18)13-8-4-3-5-9-13/h3-6,8-11,14-15H,2,7,12,18H2,1H3,(H,19,20). The van der Waals surface area contributed by atoms with E-state index in [9.17, 15) is 4.79 Å². The second kappa shape index (κ2) is 7.96. The fourth-order valence-corrected chi connectivity index (χ4v) is 3.15. The first kappa shape index (κ1) is 15.7. The van der Waals surface area contributed by atoms with Crippen molar-refractivity contribution >= 4 is 17.2 Å². The number of nitrogens with two attached hydrogens (primary N) is 1. The molecule has 0 spiro atoms. The molecule has 0 aliphatic heterocycles. The largest absolute Gasteiger partial charge is 0.348 e. The molecule has 0 bridgehead atoms. The SMILES string of the molecule is CCCC(NC(=O)CC(N)c1ccccc1)c1cccs1. The fraction of sp³-hybridized carbons (Fsp3) is 0.353. The van der Waals surface area contributed by atoms with Gasteiger partial charge in [-0.25, -0.2) is 0 Å². The summed E-state index contributed by atoms with van der Waals surface area (Å²) in [7, 11) is 0. The summed E-state index contributed by atoms with van der Waals surface area (Å²) in [6.07, 6.45) is 2.30. The van der Waals surface area contributed by atoms with E-state index < -0.39 is 0 Å². The van der Waals surface area contributed by atoms with Gasteiger partial charge in [0.1, 0.15) is 0 Å². The van der Waals surface area contributed by atoms with E-state index in [-0.39, 0.29) is 18.0 Å². The van der Waals surface area contributed by atoms with Gasteiger partial charge in [-0.15, -0.1) is 11.3 Å².